The molecule has 1 heterocycles. The average Bonchev–Trinajstić information content (AvgIpc) is 2.77. The molecule has 156 valence electrons. The fraction of sp³-hybridized carbons (Fsp3) is 0.409. The number of amides is 1. The molecule has 1 aliphatic rings. The van der Waals surface area contributed by atoms with E-state index in [1.54, 1.807) is 24.9 Å². The van der Waals surface area contributed by atoms with Crippen molar-refractivity contribution in [2.75, 3.05) is 57.5 Å². The Bertz CT molecular complexity index is 808. The molecule has 0 radical (unpaired) electrons. The quantitative estimate of drug-likeness (QED) is 0.503. The Hall–Kier alpha value is -1.89. The Kier molecular flexibility index (Phi) is 8.09. The Morgan fingerprint density at radius 2 is 1.86 bits per heavy atom. The number of methoxy groups -OCH3 is 1. The first-order valence-corrected chi connectivity index (χ1v) is 11.4. The van der Waals surface area contributed by atoms with Gasteiger partial charge in [-0.05, 0) is 61.7 Å². The maximum atomic E-state index is 12.4. The van der Waals surface area contributed by atoms with Gasteiger partial charge in [0.15, 0.2) is 0 Å². The summed E-state index contributed by atoms with van der Waals surface area (Å²) in [5.74, 6) is 0.783. The number of thioether (sulfide) groups is 1. The van der Waals surface area contributed by atoms with E-state index in [4.69, 9.17) is 16.3 Å². The van der Waals surface area contributed by atoms with Crippen molar-refractivity contribution in [3.05, 3.63) is 53.1 Å². The van der Waals surface area contributed by atoms with Crippen molar-refractivity contribution in [1.29, 1.82) is 0 Å². The lowest BCUT2D eigenvalue weighted by molar-refractivity contribution is 0.0951. The SMILES string of the molecule is COc1ccc(N2CCN(CCCNC(=O)c3cc(SC)ccc3Cl)CC2)cc1. The minimum absolute atomic E-state index is 0.102. The number of hydrogen-bond donors (Lipinski definition) is 1. The molecule has 7 heteroatoms. The molecular weight excluding hydrogens is 406 g/mol. The van der Waals surface area contributed by atoms with Crippen LogP contribution in [-0.2, 0) is 0 Å². The van der Waals surface area contributed by atoms with E-state index in [1.807, 2.05) is 30.5 Å². The fourth-order valence-corrected chi connectivity index (χ4v) is 4.07. The molecule has 0 atom stereocenters. The second-order valence-electron chi connectivity index (χ2n) is 6.98. The van der Waals surface area contributed by atoms with E-state index in [-0.39, 0.29) is 5.91 Å². The Balaban J connectivity index is 1.38. The Morgan fingerprint density at radius 3 is 2.52 bits per heavy atom. The van der Waals surface area contributed by atoms with Crippen LogP contribution >= 0.6 is 23.4 Å². The second kappa shape index (κ2) is 10.8. The predicted molar refractivity (Wildman–Crippen MR) is 122 cm³/mol. The molecule has 3 rings (SSSR count). The molecule has 1 amide bonds. The highest BCUT2D eigenvalue weighted by Crippen LogP contribution is 2.23. The third-order valence-electron chi connectivity index (χ3n) is 5.16. The number of hydrogen-bond acceptors (Lipinski definition) is 5. The van der Waals surface area contributed by atoms with Crippen molar-refractivity contribution in [2.45, 2.75) is 11.3 Å². The van der Waals surface area contributed by atoms with Gasteiger partial charge >= 0.3 is 0 Å². The van der Waals surface area contributed by atoms with Crippen LogP contribution in [0.5, 0.6) is 5.75 Å². The van der Waals surface area contributed by atoms with Crippen molar-refractivity contribution < 1.29 is 9.53 Å². The number of carbonyl (C=O) groups excluding carboxylic acids is 1. The summed E-state index contributed by atoms with van der Waals surface area (Å²) in [4.78, 5) is 18.3. The van der Waals surface area contributed by atoms with Crippen LogP contribution in [0.2, 0.25) is 5.02 Å². The first kappa shape index (κ1) is 21.8. The van der Waals surface area contributed by atoms with Gasteiger partial charge in [-0.1, -0.05) is 11.6 Å². The zero-order chi connectivity index (χ0) is 20.6. The highest BCUT2D eigenvalue weighted by molar-refractivity contribution is 7.98. The van der Waals surface area contributed by atoms with Crippen LogP contribution in [0.25, 0.3) is 0 Å². The number of nitrogens with one attached hydrogen (secondary N) is 1. The summed E-state index contributed by atoms with van der Waals surface area (Å²) in [7, 11) is 1.69. The Morgan fingerprint density at radius 1 is 1.14 bits per heavy atom. The molecule has 0 saturated carbocycles. The smallest absolute Gasteiger partial charge is 0.252 e. The lowest BCUT2D eigenvalue weighted by Crippen LogP contribution is -2.47. The molecule has 1 fully saturated rings. The van der Waals surface area contributed by atoms with Crippen LogP contribution in [0.4, 0.5) is 5.69 Å². The Labute approximate surface area is 182 Å². The summed E-state index contributed by atoms with van der Waals surface area (Å²) in [6, 6.07) is 13.8. The number of ether oxygens (including phenoxy) is 1. The van der Waals surface area contributed by atoms with E-state index >= 15 is 0 Å². The van der Waals surface area contributed by atoms with E-state index in [0.717, 1.165) is 49.8 Å². The minimum Gasteiger partial charge on any atom is -0.497 e. The van der Waals surface area contributed by atoms with Gasteiger partial charge in [0.25, 0.3) is 5.91 Å². The van der Waals surface area contributed by atoms with Gasteiger partial charge in [-0.25, -0.2) is 0 Å². The van der Waals surface area contributed by atoms with Gasteiger partial charge in [-0.2, -0.15) is 0 Å². The molecule has 0 aromatic heterocycles. The highest BCUT2D eigenvalue weighted by Gasteiger charge is 2.17. The van der Waals surface area contributed by atoms with Gasteiger partial charge in [0.2, 0.25) is 0 Å². The molecule has 2 aromatic carbocycles. The lowest BCUT2D eigenvalue weighted by atomic mass is 10.2. The van der Waals surface area contributed by atoms with Crippen molar-refractivity contribution in [2.24, 2.45) is 0 Å². The summed E-state index contributed by atoms with van der Waals surface area (Å²) >= 11 is 7.77. The van der Waals surface area contributed by atoms with E-state index in [0.29, 0.717) is 17.1 Å². The monoisotopic (exact) mass is 433 g/mol. The summed E-state index contributed by atoms with van der Waals surface area (Å²) in [6.07, 6.45) is 2.91. The van der Waals surface area contributed by atoms with E-state index < -0.39 is 0 Å². The van der Waals surface area contributed by atoms with Crippen LogP contribution in [0.1, 0.15) is 16.8 Å². The first-order valence-electron chi connectivity index (χ1n) is 9.84. The molecular formula is C22H28ClN3O2S. The molecule has 0 unspecified atom stereocenters. The second-order valence-corrected chi connectivity index (χ2v) is 8.27. The predicted octanol–water partition coefficient (Wildman–Crippen LogP) is 4.01. The minimum atomic E-state index is -0.102. The topological polar surface area (TPSA) is 44.8 Å². The largest absolute Gasteiger partial charge is 0.497 e. The maximum absolute atomic E-state index is 12.4. The number of nitrogens with zero attached hydrogens (tertiary/aromatic N) is 2. The number of rotatable bonds is 8. The summed E-state index contributed by atoms with van der Waals surface area (Å²) in [6.45, 7) is 5.71. The molecule has 2 aromatic rings. The van der Waals surface area contributed by atoms with Gasteiger partial charge in [0.05, 0.1) is 17.7 Å². The van der Waals surface area contributed by atoms with E-state index in [2.05, 4.69) is 27.2 Å². The van der Waals surface area contributed by atoms with Crippen LogP contribution in [-0.4, -0.2) is 63.4 Å². The van der Waals surface area contributed by atoms with Gasteiger partial charge < -0.3 is 15.0 Å². The van der Waals surface area contributed by atoms with Crippen molar-refractivity contribution in [1.82, 2.24) is 10.2 Å². The van der Waals surface area contributed by atoms with Crippen LogP contribution in [0.15, 0.2) is 47.4 Å². The molecule has 1 N–H and O–H groups in total. The normalized spacial score (nSPS) is 14.7. The number of anilines is 1. The van der Waals surface area contributed by atoms with Crippen LogP contribution < -0.4 is 15.0 Å². The van der Waals surface area contributed by atoms with Crippen LogP contribution in [0, 0.1) is 0 Å². The van der Waals surface area contributed by atoms with Gasteiger partial charge in [0, 0.05) is 43.3 Å². The zero-order valence-corrected chi connectivity index (χ0v) is 18.6. The maximum Gasteiger partial charge on any atom is 0.252 e. The van der Waals surface area contributed by atoms with E-state index in [1.165, 1.54) is 5.69 Å². The van der Waals surface area contributed by atoms with Crippen molar-refractivity contribution in [3.63, 3.8) is 0 Å². The van der Waals surface area contributed by atoms with Gasteiger partial charge in [-0.3, -0.25) is 9.69 Å². The number of piperazine rings is 1. The number of carbonyl (C=O) groups is 1. The summed E-state index contributed by atoms with van der Waals surface area (Å²) in [5.41, 5.74) is 1.79. The molecule has 0 spiro atoms. The summed E-state index contributed by atoms with van der Waals surface area (Å²) < 4.78 is 5.23. The van der Waals surface area contributed by atoms with Gasteiger partial charge in [-0.15, -0.1) is 11.8 Å². The highest BCUT2D eigenvalue weighted by atomic mass is 35.5. The van der Waals surface area contributed by atoms with Crippen molar-refractivity contribution in [3.8, 4) is 5.75 Å². The molecule has 0 bridgehead atoms. The molecule has 1 aliphatic heterocycles. The summed E-state index contributed by atoms with van der Waals surface area (Å²) in [5, 5.41) is 3.49. The molecule has 1 saturated heterocycles. The standard InChI is InChI=1S/C22H28ClN3O2S/c1-28-18-6-4-17(5-7-18)26-14-12-25(13-15-26)11-3-10-24-22(27)20-16-19(29-2)8-9-21(20)23/h4-9,16H,3,10-15H2,1-2H3,(H,24,27). The number of halogens is 1. The third-order valence-corrected chi connectivity index (χ3v) is 6.22. The lowest BCUT2D eigenvalue weighted by Gasteiger charge is -2.36. The van der Waals surface area contributed by atoms with E-state index in [9.17, 15) is 4.79 Å². The van der Waals surface area contributed by atoms with Crippen LogP contribution in [0.3, 0.4) is 0 Å². The number of benzene rings is 2. The van der Waals surface area contributed by atoms with Crippen molar-refractivity contribution >= 4 is 35.0 Å². The third kappa shape index (κ3) is 6.04. The van der Waals surface area contributed by atoms with Gasteiger partial charge in [0.1, 0.15) is 5.75 Å². The molecule has 5 nitrogen and oxygen atoms in total. The molecule has 0 aliphatic carbocycles. The molecule has 29 heavy (non-hydrogen) atoms. The zero-order valence-electron chi connectivity index (χ0n) is 17.0. The average molecular weight is 434 g/mol. The first-order chi connectivity index (χ1) is 14.1. The fourth-order valence-electron chi connectivity index (χ4n) is 3.43.